The molecule has 0 bridgehead atoms. The molecule has 7 aromatic carbocycles. The van der Waals surface area contributed by atoms with Gasteiger partial charge in [-0.25, -0.2) is 4.67 Å². The minimum atomic E-state index is -3.59. The summed E-state index contributed by atoms with van der Waals surface area (Å²) in [5.74, 6) is 0. The molecule has 2 nitrogen and oxygen atoms in total. The standard InChI is InChI=1S/C46H40Cl2NOP/c1-31(2)49(32(3)4)51(50,38-24-16-23-36(47)29-38)42-30-37(48)27-28-41(42)46-40-26-15-14-25-39(40)43(33-17-8-5-9-18-33)44(34-19-10-6-11-20-34)45(46)35-21-12-7-13-22-35/h5-32H,1-4H3. The summed E-state index contributed by atoms with van der Waals surface area (Å²) >= 11 is 13.6. The van der Waals surface area contributed by atoms with Gasteiger partial charge in [-0.2, -0.15) is 0 Å². The Morgan fingerprint density at radius 1 is 0.471 bits per heavy atom. The highest BCUT2D eigenvalue weighted by molar-refractivity contribution is 7.77. The van der Waals surface area contributed by atoms with Gasteiger partial charge in [0.15, 0.2) is 0 Å². The average Bonchev–Trinajstić information content (AvgIpc) is 3.14. The number of hydrogen-bond acceptors (Lipinski definition) is 1. The van der Waals surface area contributed by atoms with E-state index < -0.39 is 7.29 Å². The second-order valence-corrected chi connectivity index (χ2v) is 16.9. The molecule has 0 aliphatic rings. The van der Waals surface area contributed by atoms with Crippen LogP contribution < -0.4 is 10.6 Å². The SMILES string of the molecule is CC(C)N(C(C)C)P(=O)(c1cccc(Cl)c1)c1cc(Cl)ccc1-c1c(-c2ccccc2)c(-c2ccccc2)c(-c2ccccc2)c2ccccc12. The molecule has 254 valence electrons. The predicted molar refractivity (Wildman–Crippen MR) is 221 cm³/mol. The molecule has 0 aliphatic heterocycles. The van der Waals surface area contributed by atoms with Gasteiger partial charge < -0.3 is 0 Å². The highest BCUT2D eigenvalue weighted by atomic mass is 35.5. The van der Waals surface area contributed by atoms with E-state index in [1.165, 1.54) is 0 Å². The van der Waals surface area contributed by atoms with Crippen LogP contribution >= 0.6 is 30.5 Å². The number of hydrogen-bond donors (Lipinski definition) is 0. The maximum absolute atomic E-state index is 16.5. The van der Waals surface area contributed by atoms with Crippen LogP contribution in [0.25, 0.3) is 55.3 Å². The first-order chi connectivity index (χ1) is 24.7. The lowest BCUT2D eigenvalue weighted by molar-refractivity contribution is 0.307. The molecule has 7 rings (SSSR count). The fourth-order valence-electron chi connectivity index (χ4n) is 7.69. The van der Waals surface area contributed by atoms with Gasteiger partial charge in [0, 0.05) is 32.7 Å². The van der Waals surface area contributed by atoms with Crippen LogP contribution in [-0.4, -0.2) is 16.8 Å². The van der Waals surface area contributed by atoms with Gasteiger partial charge in [-0.3, -0.25) is 4.57 Å². The van der Waals surface area contributed by atoms with Crippen molar-refractivity contribution in [2.45, 2.75) is 39.8 Å². The molecule has 0 aromatic heterocycles. The van der Waals surface area contributed by atoms with E-state index >= 15 is 4.57 Å². The molecule has 0 amide bonds. The molecule has 1 atom stereocenters. The number of fused-ring (bicyclic) bond motifs is 1. The summed E-state index contributed by atoms with van der Waals surface area (Å²) in [6, 6.07) is 53.8. The predicted octanol–water partition coefficient (Wildman–Crippen LogP) is 13.2. The zero-order valence-corrected chi connectivity index (χ0v) is 31.6. The first kappa shape index (κ1) is 35.0. The van der Waals surface area contributed by atoms with Crippen molar-refractivity contribution in [2.75, 3.05) is 0 Å². The molecular weight excluding hydrogens is 684 g/mol. The molecule has 7 aromatic rings. The van der Waals surface area contributed by atoms with E-state index in [1.54, 1.807) is 0 Å². The molecule has 51 heavy (non-hydrogen) atoms. The minimum Gasteiger partial charge on any atom is -0.296 e. The molecule has 0 saturated heterocycles. The number of halogens is 2. The van der Waals surface area contributed by atoms with Gasteiger partial charge in [0.25, 0.3) is 0 Å². The quantitative estimate of drug-likeness (QED) is 0.138. The minimum absolute atomic E-state index is 0.0488. The summed E-state index contributed by atoms with van der Waals surface area (Å²) < 4.78 is 18.7. The summed E-state index contributed by atoms with van der Waals surface area (Å²) in [6.07, 6.45) is 0. The Hall–Kier alpha value is -4.43. The molecule has 0 spiro atoms. The van der Waals surface area contributed by atoms with Crippen LogP contribution in [0.3, 0.4) is 0 Å². The van der Waals surface area contributed by atoms with Crippen molar-refractivity contribution in [3.63, 3.8) is 0 Å². The largest absolute Gasteiger partial charge is 0.296 e. The van der Waals surface area contributed by atoms with Crippen LogP contribution in [0.1, 0.15) is 27.7 Å². The van der Waals surface area contributed by atoms with Gasteiger partial charge in [-0.05, 0) is 113 Å². The lowest BCUT2D eigenvalue weighted by Crippen LogP contribution is -2.41. The van der Waals surface area contributed by atoms with Crippen LogP contribution in [0.5, 0.6) is 0 Å². The summed E-state index contributed by atoms with van der Waals surface area (Å²) in [7, 11) is -3.59. The Labute approximate surface area is 311 Å². The van der Waals surface area contributed by atoms with Gasteiger partial charge in [-0.1, -0.05) is 151 Å². The molecule has 0 N–H and O–H groups in total. The maximum atomic E-state index is 16.5. The van der Waals surface area contributed by atoms with E-state index in [9.17, 15) is 0 Å². The van der Waals surface area contributed by atoms with E-state index in [2.05, 4.69) is 154 Å². The molecule has 0 saturated carbocycles. The second-order valence-electron chi connectivity index (χ2n) is 13.4. The van der Waals surface area contributed by atoms with Crippen molar-refractivity contribution in [1.29, 1.82) is 0 Å². The van der Waals surface area contributed by atoms with E-state index in [0.29, 0.717) is 20.7 Å². The topological polar surface area (TPSA) is 20.3 Å². The van der Waals surface area contributed by atoms with Crippen LogP contribution in [0.15, 0.2) is 158 Å². The Kier molecular flexibility index (Phi) is 10.1. The molecule has 0 radical (unpaired) electrons. The van der Waals surface area contributed by atoms with Crippen LogP contribution in [0.2, 0.25) is 10.0 Å². The van der Waals surface area contributed by atoms with Gasteiger partial charge in [0.1, 0.15) is 0 Å². The van der Waals surface area contributed by atoms with Crippen molar-refractivity contribution in [2.24, 2.45) is 0 Å². The smallest absolute Gasteiger partial charge is 0.208 e. The third-order valence-corrected chi connectivity index (χ3v) is 13.5. The number of rotatable bonds is 9. The lowest BCUT2D eigenvalue weighted by atomic mass is 9.79. The molecule has 1 unspecified atom stereocenters. The summed E-state index contributed by atoms with van der Waals surface area (Å²) in [5.41, 5.74) is 8.52. The monoisotopic (exact) mass is 723 g/mol. The molecule has 0 fully saturated rings. The molecule has 5 heteroatoms. The van der Waals surface area contributed by atoms with Crippen molar-refractivity contribution >= 4 is 51.9 Å². The Morgan fingerprint density at radius 2 is 0.922 bits per heavy atom. The third-order valence-electron chi connectivity index (χ3n) is 9.50. The Balaban J connectivity index is 1.73. The number of nitrogens with zero attached hydrogens (tertiary/aromatic N) is 1. The van der Waals surface area contributed by atoms with Crippen molar-refractivity contribution in [1.82, 2.24) is 4.67 Å². The zero-order valence-electron chi connectivity index (χ0n) is 29.2. The Bertz CT molecular complexity index is 2370. The third kappa shape index (κ3) is 6.48. The normalized spacial score (nSPS) is 12.9. The van der Waals surface area contributed by atoms with Gasteiger partial charge >= 0.3 is 0 Å². The summed E-state index contributed by atoms with van der Waals surface area (Å²) in [6.45, 7) is 8.42. The fraction of sp³-hybridized carbons (Fsp3) is 0.130. The van der Waals surface area contributed by atoms with Crippen molar-refractivity contribution in [3.8, 4) is 44.5 Å². The fourth-order valence-corrected chi connectivity index (χ4v) is 11.7. The molecule has 0 heterocycles. The second kappa shape index (κ2) is 14.7. The van der Waals surface area contributed by atoms with E-state index in [1.807, 2.05) is 36.4 Å². The summed E-state index contributed by atoms with van der Waals surface area (Å²) in [4.78, 5) is 0. The van der Waals surface area contributed by atoms with Gasteiger partial charge in [-0.15, -0.1) is 0 Å². The average molecular weight is 725 g/mol. The zero-order chi connectivity index (χ0) is 35.7. The van der Waals surface area contributed by atoms with Crippen LogP contribution in [0, 0.1) is 0 Å². The first-order valence-electron chi connectivity index (χ1n) is 17.4. The van der Waals surface area contributed by atoms with E-state index in [-0.39, 0.29) is 12.1 Å². The first-order valence-corrected chi connectivity index (χ1v) is 19.8. The van der Waals surface area contributed by atoms with Crippen LogP contribution in [-0.2, 0) is 4.57 Å². The highest BCUT2D eigenvalue weighted by Crippen LogP contribution is 2.56. The van der Waals surface area contributed by atoms with Crippen molar-refractivity contribution in [3.05, 3.63) is 168 Å². The van der Waals surface area contributed by atoms with Crippen molar-refractivity contribution < 1.29 is 4.57 Å². The van der Waals surface area contributed by atoms with E-state index in [4.69, 9.17) is 23.2 Å². The molecular formula is C46H40Cl2NOP. The molecule has 0 aliphatic carbocycles. The maximum Gasteiger partial charge on any atom is 0.208 e. The summed E-state index contributed by atoms with van der Waals surface area (Å²) in [5, 5.41) is 4.61. The van der Waals surface area contributed by atoms with Crippen LogP contribution in [0.4, 0.5) is 0 Å². The van der Waals surface area contributed by atoms with Gasteiger partial charge in [0.2, 0.25) is 7.29 Å². The van der Waals surface area contributed by atoms with E-state index in [0.717, 1.165) is 55.3 Å². The Morgan fingerprint density at radius 3 is 1.43 bits per heavy atom. The number of benzene rings is 7. The lowest BCUT2D eigenvalue weighted by Gasteiger charge is -2.39. The van der Waals surface area contributed by atoms with Gasteiger partial charge in [0.05, 0.1) is 0 Å². The highest BCUT2D eigenvalue weighted by Gasteiger charge is 2.41.